The van der Waals surface area contributed by atoms with E-state index in [0.29, 0.717) is 18.4 Å². The van der Waals surface area contributed by atoms with Gasteiger partial charge in [-0.15, -0.1) is 0 Å². The second kappa shape index (κ2) is 8.95. The average molecular weight is 398 g/mol. The maximum atomic E-state index is 13.3. The molecule has 0 aliphatic rings. The van der Waals surface area contributed by atoms with Gasteiger partial charge in [-0.3, -0.25) is 9.78 Å². The number of carbonyl (C=O) groups excluding carboxylic acids is 1. The van der Waals surface area contributed by atoms with Crippen molar-refractivity contribution in [1.82, 2.24) is 14.6 Å². The van der Waals surface area contributed by atoms with Gasteiger partial charge in [-0.25, -0.2) is 8.42 Å². The molecule has 3 aromatic rings. The highest BCUT2D eigenvalue weighted by molar-refractivity contribution is 7.89. The summed E-state index contributed by atoms with van der Waals surface area (Å²) in [6.45, 7) is 2.30. The van der Waals surface area contributed by atoms with E-state index in [4.69, 9.17) is 0 Å². The second-order valence-electron chi connectivity index (χ2n) is 6.45. The summed E-state index contributed by atoms with van der Waals surface area (Å²) in [6, 6.07) is 16.3. The van der Waals surface area contributed by atoms with Crippen LogP contribution in [0.15, 0.2) is 71.9 Å². The number of hydrogen-bond donors (Lipinski definition) is 1. The highest BCUT2D eigenvalue weighted by Crippen LogP contribution is 2.25. The number of nitrogens with one attached hydrogen (secondary N) is 1. The van der Waals surface area contributed by atoms with E-state index < -0.39 is 10.0 Å². The molecule has 1 heterocycles. The highest BCUT2D eigenvalue weighted by atomic mass is 32.2. The first kappa shape index (κ1) is 20.0. The standard InChI is InChI=1S/C21H23N3O3S/c1-2-13-24(16-21(25)23-14-17-7-4-3-5-8-17)28(26,27)20-10-6-9-18-15-22-12-11-19(18)20/h3-12,15H,2,13-14,16H2,1H3,(H,23,25). The third kappa shape index (κ3) is 4.55. The van der Waals surface area contributed by atoms with Crippen molar-refractivity contribution in [2.45, 2.75) is 24.8 Å². The van der Waals surface area contributed by atoms with Gasteiger partial charge in [0.25, 0.3) is 0 Å². The summed E-state index contributed by atoms with van der Waals surface area (Å²) in [6.07, 6.45) is 3.81. The SMILES string of the molecule is CCCN(CC(=O)NCc1ccccc1)S(=O)(=O)c1cccc2cnccc12. The summed E-state index contributed by atoms with van der Waals surface area (Å²) >= 11 is 0. The minimum Gasteiger partial charge on any atom is -0.351 e. The summed E-state index contributed by atoms with van der Waals surface area (Å²) in [5, 5.41) is 4.14. The van der Waals surface area contributed by atoms with Crippen molar-refractivity contribution >= 4 is 26.7 Å². The van der Waals surface area contributed by atoms with E-state index in [1.807, 2.05) is 43.3 Å². The number of aromatic nitrogens is 1. The molecule has 0 bridgehead atoms. The van der Waals surface area contributed by atoms with Gasteiger partial charge >= 0.3 is 0 Å². The predicted octanol–water partition coefficient (Wildman–Crippen LogP) is 2.95. The minimum absolute atomic E-state index is 0.191. The van der Waals surface area contributed by atoms with Crippen molar-refractivity contribution in [1.29, 1.82) is 0 Å². The third-order valence-electron chi connectivity index (χ3n) is 4.38. The van der Waals surface area contributed by atoms with Gasteiger partial charge in [0.1, 0.15) is 0 Å². The van der Waals surface area contributed by atoms with Crippen molar-refractivity contribution in [3.05, 3.63) is 72.6 Å². The van der Waals surface area contributed by atoms with Crippen LogP contribution in [-0.4, -0.2) is 36.7 Å². The Morgan fingerprint density at radius 1 is 1.07 bits per heavy atom. The molecular formula is C21H23N3O3S. The maximum absolute atomic E-state index is 13.3. The molecule has 0 aliphatic carbocycles. The molecule has 7 heteroatoms. The molecule has 0 saturated carbocycles. The van der Waals surface area contributed by atoms with E-state index in [1.54, 1.807) is 30.6 Å². The Labute approximate surface area is 165 Å². The molecule has 1 aromatic heterocycles. The van der Waals surface area contributed by atoms with Crippen LogP contribution in [0, 0.1) is 0 Å². The van der Waals surface area contributed by atoms with Crippen LogP contribution in [0.3, 0.4) is 0 Å². The van der Waals surface area contributed by atoms with Crippen molar-refractivity contribution in [3.63, 3.8) is 0 Å². The van der Waals surface area contributed by atoms with Crippen LogP contribution < -0.4 is 5.32 Å². The first-order chi connectivity index (χ1) is 13.5. The van der Waals surface area contributed by atoms with Crippen molar-refractivity contribution in [2.24, 2.45) is 0 Å². The molecule has 146 valence electrons. The fourth-order valence-electron chi connectivity index (χ4n) is 3.00. The minimum atomic E-state index is -3.82. The Bertz CT molecular complexity index is 1050. The Hall–Kier alpha value is -2.77. The van der Waals surface area contributed by atoms with Gasteiger partial charge in [-0.1, -0.05) is 49.4 Å². The number of sulfonamides is 1. The van der Waals surface area contributed by atoms with E-state index in [2.05, 4.69) is 10.3 Å². The molecule has 2 aromatic carbocycles. The lowest BCUT2D eigenvalue weighted by atomic mass is 10.2. The number of benzene rings is 2. The molecule has 0 unspecified atom stereocenters. The largest absolute Gasteiger partial charge is 0.351 e. The van der Waals surface area contributed by atoms with Crippen LogP contribution in [0.2, 0.25) is 0 Å². The van der Waals surface area contributed by atoms with Crippen LogP contribution >= 0.6 is 0 Å². The van der Waals surface area contributed by atoms with Gasteiger partial charge in [0.2, 0.25) is 15.9 Å². The second-order valence-corrected chi connectivity index (χ2v) is 8.36. The maximum Gasteiger partial charge on any atom is 0.244 e. The van der Waals surface area contributed by atoms with Gasteiger partial charge in [0, 0.05) is 36.3 Å². The third-order valence-corrected chi connectivity index (χ3v) is 6.29. The molecule has 0 fully saturated rings. The Balaban J connectivity index is 1.81. The van der Waals surface area contributed by atoms with Crippen LogP contribution in [0.4, 0.5) is 0 Å². The van der Waals surface area contributed by atoms with Gasteiger partial charge < -0.3 is 5.32 Å². The van der Waals surface area contributed by atoms with E-state index in [1.165, 1.54) is 4.31 Å². The number of amides is 1. The molecule has 28 heavy (non-hydrogen) atoms. The van der Waals surface area contributed by atoms with E-state index in [0.717, 1.165) is 10.9 Å². The molecule has 1 amide bonds. The first-order valence-corrected chi connectivity index (χ1v) is 10.6. The van der Waals surface area contributed by atoms with E-state index in [9.17, 15) is 13.2 Å². The van der Waals surface area contributed by atoms with Crippen molar-refractivity contribution < 1.29 is 13.2 Å². The van der Waals surface area contributed by atoms with Gasteiger partial charge in [0.05, 0.1) is 11.4 Å². The zero-order chi connectivity index (χ0) is 20.0. The lowest BCUT2D eigenvalue weighted by molar-refractivity contribution is -0.121. The predicted molar refractivity (Wildman–Crippen MR) is 109 cm³/mol. The zero-order valence-corrected chi connectivity index (χ0v) is 16.5. The smallest absolute Gasteiger partial charge is 0.244 e. The van der Waals surface area contributed by atoms with E-state index >= 15 is 0 Å². The lowest BCUT2D eigenvalue weighted by Crippen LogP contribution is -2.41. The van der Waals surface area contributed by atoms with Gasteiger partial charge in [-0.2, -0.15) is 4.31 Å². The molecule has 0 atom stereocenters. The fraction of sp³-hybridized carbons (Fsp3) is 0.238. The van der Waals surface area contributed by atoms with Crippen molar-refractivity contribution in [2.75, 3.05) is 13.1 Å². The zero-order valence-electron chi connectivity index (χ0n) is 15.7. The molecule has 0 aliphatic heterocycles. The number of hydrogen-bond acceptors (Lipinski definition) is 4. The Kier molecular flexibility index (Phi) is 6.38. The van der Waals surface area contributed by atoms with Crippen LogP contribution in [-0.2, 0) is 21.4 Å². The summed E-state index contributed by atoms with van der Waals surface area (Å²) < 4.78 is 27.8. The number of fused-ring (bicyclic) bond motifs is 1. The summed E-state index contributed by atoms with van der Waals surface area (Å²) in [4.78, 5) is 16.7. The lowest BCUT2D eigenvalue weighted by Gasteiger charge is -2.22. The molecular weight excluding hydrogens is 374 g/mol. The fourth-order valence-corrected chi connectivity index (χ4v) is 4.71. The average Bonchev–Trinajstić information content (AvgIpc) is 2.72. The van der Waals surface area contributed by atoms with Gasteiger partial charge in [0.15, 0.2) is 0 Å². The number of pyridine rings is 1. The van der Waals surface area contributed by atoms with E-state index in [-0.39, 0.29) is 23.9 Å². The van der Waals surface area contributed by atoms with Crippen molar-refractivity contribution in [3.8, 4) is 0 Å². The number of nitrogens with zero attached hydrogens (tertiary/aromatic N) is 2. The quantitative estimate of drug-likeness (QED) is 0.634. The Morgan fingerprint density at radius 3 is 2.61 bits per heavy atom. The molecule has 3 rings (SSSR count). The molecule has 0 saturated heterocycles. The summed E-state index contributed by atoms with van der Waals surface area (Å²) in [5.74, 6) is -0.331. The first-order valence-electron chi connectivity index (χ1n) is 9.16. The number of carbonyl (C=O) groups is 1. The molecule has 0 spiro atoms. The molecule has 1 N–H and O–H groups in total. The Morgan fingerprint density at radius 2 is 1.86 bits per heavy atom. The molecule has 0 radical (unpaired) electrons. The normalized spacial score (nSPS) is 11.6. The van der Waals surface area contributed by atoms with Crippen LogP contribution in [0.1, 0.15) is 18.9 Å². The van der Waals surface area contributed by atoms with Crippen LogP contribution in [0.5, 0.6) is 0 Å². The monoisotopic (exact) mass is 397 g/mol. The summed E-state index contributed by atoms with van der Waals surface area (Å²) in [7, 11) is -3.82. The number of rotatable bonds is 8. The molecule has 6 nitrogen and oxygen atoms in total. The van der Waals surface area contributed by atoms with Crippen LogP contribution in [0.25, 0.3) is 10.8 Å². The summed E-state index contributed by atoms with van der Waals surface area (Å²) in [5.41, 5.74) is 0.960. The topological polar surface area (TPSA) is 79.4 Å². The highest BCUT2D eigenvalue weighted by Gasteiger charge is 2.27. The van der Waals surface area contributed by atoms with Gasteiger partial charge in [-0.05, 0) is 24.1 Å².